The van der Waals surface area contributed by atoms with Gasteiger partial charge in [0.25, 0.3) is 0 Å². The van der Waals surface area contributed by atoms with E-state index in [4.69, 9.17) is 9.40 Å². The summed E-state index contributed by atoms with van der Waals surface area (Å²) in [6.07, 6.45) is 11.2. The van der Waals surface area contributed by atoms with Gasteiger partial charge in [0.1, 0.15) is 11.1 Å². The molecular weight excluding hydrogens is 484 g/mol. The Labute approximate surface area is 220 Å². The van der Waals surface area contributed by atoms with Crippen molar-refractivity contribution in [2.75, 3.05) is 0 Å². The largest absolute Gasteiger partial charge is 0.452 e. The van der Waals surface area contributed by atoms with Gasteiger partial charge in [-0.1, -0.05) is 12.1 Å². The van der Waals surface area contributed by atoms with Crippen LogP contribution in [0.2, 0.25) is 0 Å². The van der Waals surface area contributed by atoms with Crippen molar-refractivity contribution in [2.45, 2.75) is 0 Å². The average Bonchev–Trinajstić information content (AvgIpc) is 3.65. The minimum Gasteiger partial charge on any atom is -0.452 e. The Hall–Kier alpha value is -5.56. The highest BCUT2D eigenvalue weighted by molar-refractivity contribution is 6.12. The zero-order chi connectivity index (χ0) is 25.5. The summed E-state index contributed by atoms with van der Waals surface area (Å²) in [6.45, 7) is 0. The van der Waals surface area contributed by atoms with E-state index in [1.165, 1.54) is 0 Å². The molecule has 0 N–H and O–H groups in total. The van der Waals surface area contributed by atoms with Gasteiger partial charge in [0.05, 0.1) is 33.3 Å². The lowest BCUT2D eigenvalue weighted by molar-refractivity contribution is 0.665. The molecule has 9 rings (SSSR count). The van der Waals surface area contributed by atoms with E-state index in [9.17, 15) is 0 Å². The summed E-state index contributed by atoms with van der Waals surface area (Å²) in [5.41, 5.74) is 9.57. The second-order valence-corrected chi connectivity index (χ2v) is 9.64. The van der Waals surface area contributed by atoms with Crippen LogP contribution in [0.1, 0.15) is 0 Å². The molecule has 0 atom stereocenters. The van der Waals surface area contributed by atoms with E-state index in [1.54, 1.807) is 0 Å². The zero-order valence-electron chi connectivity index (χ0n) is 20.5. The summed E-state index contributed by atoms with van der Waals surface area (Å²) in [7, 11) is 0. The molecule has 7 aromatic heterocycles. The molecule has 0 unspecified atom stereocenters. The standard InChI is InChI=1S/C32H18N6O/c1-2-6-29-20(4-1)31-32(39-29)28(11-15-36-31)38-24-8-7-19(16-21(24)30-27(38)5-3-12-35-30)37-25-9-13-33-17-22(25)23-18-34-14-10-26(23)37/h1-18H. The number of rotatable bonds is 2. The van der Waals surface area contributed by atoms with Crippen LogP contribution in [0.15, 0.2) is 114 Å². The van der Waals surface area contributed by atoms with E-state index < -0.39 is 0 Å². The van der Waals surface area contributed by atoms with Crippen molar-refractivity contribution >= 4 is 65.8 Å². The van der Waals surface area contributed by atoms with Crippen LogP contribution in [-0.2, 0) is 0 Å². The van der Waals surface area contributed by atoms with Crippen LogP contribution in [0.25, 0.3) is 77.2 Å². The smallest absolute Gasteiger partial charge is 0.177 e. The van der Waals surface area contributed by atoms with Crippen LogP contribution < -0.4 is 0 Å². The van der Waals surface area contributed by atoms with Crippen molar-refractivity contribution < 1.29 is 4.42 Å². The molecule has 0 saturated heterocycles. The van der Waals surface area contributed by atoms with Crippen molar-refractivity contribution in [3.63, 3.8) is 0 Å². The number of hydrogen-bond acceptors (Lipinski definition) is 5. The van der Waals surface area contributed by atoms with Gasteiger partial charge in [0, 0.05) is 64.4 Å². The highest BCUT2D eigenvalue weighted by Gasteiger charge is 2.20. The number of furan rings is 1. The SMILES string of the molecule is c1ccc2c(c1)oc1c(-n3c4ccc(-n5c6ccncc6c6cnccc65)cc4c4ncccc43)ccnc12. The van der Waals surface area contributed by atoms with Gasteiger partial charge in [-0.25, -0.2) is 0 Å². The molecule has 7 heteroatoms. The van der Waals surface area contributed by atoms with E-state index in [1.807, 2.05) is 67.5 Å². The summed E-state index contributed by atoms with van der Waals surface area (Å²) in [4.78, 5) is 18.2. The molecule has 182 valence electrons. The summed E-state index contributed by atoms with van der Waals surface area (Å²) in [5.74, 6) is 0. The summed E-state index contributed by atoms with van der Waals surface area (Å²) in [6, 6.07) is 24.8. The van der Waals surface area contributed by atoms with Gasteiger partial charge in [0.2, 0.25) is 0 Å². The molecule has 0 aliphatic rings. The second-order valence-electron chi connectivity index (χ2n) is 9.64. The minimum absolute atomic E-state index is 0.757. The van der Waals surface area contributed by atoms with Crippen molar-refractivity contribution in [3.8, 4) is 11.4 Å². The summed E-state index contributed by atoms with van der Waals surface area (Å²) < 4.78 is 10.9. The van der Waals surface area contributed by atoms with Crippen molar-refractivity contribution in [3.05, 3.63) is 110 Å². The fourth-order valence-corrected chi connectivity index (χ4v) is 5.98. The van der Waals surface area contributed by atoms with Crippen LogP contribution in [0.3, 0.4) is 0 Å². The van der Waals surface area contributed by atoms with Crippen molar-refractivity contribution in [1.29, 1.82) is 0 Å². The van der Waals surface area contributed by atoms with Gasteiger partial charge in [-0.05, 0) is 60.7 Å². The predicted molar refractivity (Wildman–Crippen MR) is 154 cm³/mol. The fourth-order valence-electron chi connectivity index (χ4n) is 5.98. The first-order chi connectivity index (χ1) is 19.4. The Kier molecular flexibility index (Phi) is 3.93. The molecule has 9 aromatic rings. The molecule has 0 amide bonds. The summed E-state index contributed by atoms with van der Waals surface area (Å²) in [5, 5.41) is 4.21. The molecule has 0 saturated carbocycles. The average molecular weight is 503 g/mol. The molecule has 0 aliphatic carbocycles. The number of hydrogen-bond donors (Lipinski definition) is 0. The lowest BCUT2D eigenvalue weighted by Crippen LogP contribution is -1.96. The van der Waals surface area contributed by atoms with Gasteiger partial charge >= 0.3 is 0 Å². The quantitative estimate of drug-likeness (QED) is 0.247. The van der Waals surface area contributed by atoms with Crippen LogP contribution in [-0.4, -0.2) is 29.1 Å². The molecular formula is C32H18N6O. The third-order valence-corrected chi connectivity index (χ3v) is 7.61. The minimum atomic E-state index is 0.757. The molecule has 0 radical (unpaired) electrons. The Morgan fingerprint density at radius 2 is 1.31 bits per heavy atom. The van der Waals surface area contributed by atoms with Crippen molar-refractivity contribution in [1.82, 2.24) is 29.1 Å². The Morgan fingerprint density at radius 1 is 0.538 bits per heavy atom. The van der Waals surface area contributed by atoms with E-state index in [0.717, 1.165) is 77.2 Å². The Bertz CT molecular complexity index is 2360. The maximum absolute atomic E-state index is 6.36. The van der Waals surface area contributed by atoms with E-state index in [0.29, 0.717) is 0 Å². The van der Waals surface area contributed by atoms with E-state index >= 15 is 0 Å². The van der Waals surface area contributed by atoms with Gasteiger partial charge < -0.3 is 13.6 Å². The number of fused-ring (bicyclic) bond motifs is 9. The van der Waals surface area contributed by atoms with Crippen LogP contribution in [0.4, 0.5) is 0 Å². The fraction of sp³-hybridized carbons (Fsp3) is 0. The highest BCUT2D eigenvalue weighted by atomic mass is 16.3. The molecule has 7 nitrogen and oxygen atoms in total. The lowest BCUT2D eigenvalue weighted by atomic mass is 10.2. The number of benzene rings is 2. The van der Waals surface area contributed by atoms with Gasteiger partial charge in [-0.3, -0.25) is 19.9 Å². The molecule has 2 aromatic carbocycles. The Balaban J connectivity index is 1.38. The topological polar surface area (TPSA) is 74.6 Å². The monoisotopic (exact) mass is 502 g/mol. The molecule has 0 bridgehead atoms. The number of pyridine rings is 4. The number of para-hydroxylation sites is 1. The Morgan fingerprint density at radius 3 is 2.15 bits per heavy atom. The number of nitrogens with zero attached hydrogens (tertiary/aromatic N) is 6. The van der Waals surface area contributed by atoms with Crippen molar-refractivity contribution in [2.24, 2.45) is 0 Å². The van der Waals surface area contributed by atoms with Crippen LogP contribution in [0.5, 0.6) is 0 Å². The second kappa shape index (κ2) is 7.49. The highest BCUT2D eigenvalue weighted by Crippen LogP contribution is 2.38. The molecule has 7 heterocycles. The van der Waals surface area contributed by atoms with Crippen LogP contribution in [0, 0.1) is 0 Å². The van der Waals surface area contributed by atoms with Gasteiger partial charge in [-0.15, -0.1) is 0 Å². The maximum Gasteiger partial charge on any atom is 0.177 e. The van der Waals surface area contributed by atoms with E-state index in [2.05, 4.69) is 66.6 Å². The molecule has 0 spiro atoms. The third kappa shape index (κ3) is 2.70. The first-order valence-electron chi connectivity index (χ1n) is 12.7. The van der Waals surface area contributed by atoms with Gasteiger partial charge in [-0.2, -0.15) is 0 Å². The zero-order valence-corrected chi connectivity index (χ0v) is 20.5. The first kappa shape index (κ1) is 20.5. The molecule has 39 heavy (non-hydrogen) atoms. The van der Waals surface area contributed by atoms with Gasteiger partial charge in [0.15, 0.2) is 5.58 Å². The molecule has 0 aliphatic heterocycles. The molecule has 0 fully saturated rings. The van der Waals surface area contributed by atoms with E-state index in [-0.39, 0.29) is 0 Å². The third-order valence-electron chi connectivity index (χ3n) is 7.61. The summed E-state index contributed by atoms with van der Waals surface area (Å²) >= 11 is 0. The lowest BCUT2D eigenvalue weighted by Gasteiger charge is -2.10. The number of aromatic nitrogens is 6. The normalized spacial score (nSPS) is 12.1. The first-order valence-corrected chi connectivity index (χ1v) is 12.7. The maximum atomic E-state index is 6.36. The predicted octanol–water partition coefficient (Wildman–Crippen LogP) is 7.36. The van der Waals surface area contributed by atoms with Crippen LogP contribution >= 0.6 is 0 Å².